The molecule has 94 valence electrons. The van der Waals surface area contributed by atoms with E-state index in [9.17, 15) is 4.79 Å². The van der Waals surface area contributed by atoms with E-state index in [0.717, 1.165) is 25.3 Å². The maximum absolute atomic E-state index is 11.2. The molecule has 0 radical (unpaired) electrons. The molecule has 2 aliphatic rings. The smallest absolute Gasteiger partial charge is 0.325 e. The van der Waals surface area contributed by atoms with Gasteiger partial charge in [0.15, 0.2) is 0 Å². The second-order valence-corrected chi connectivity index (χ2v) is 4.66. The summed E-state index contributed by atoms with van der Waals surface area (Å²) in [6, 6.07) is 10.4. The van der Waals surface area contributed by atoms with Gasteiger partial charge in [-0.1, -0.05) is 30.3 Å². The number of benzene rings is 1. The first-order valence-electron chi connectivity index (χ1n) is 6.20. The molecule has 2 heterocycles. The zero-order valence-corrected chi connectivity index (χ0v) is 10.2. The lowest BCUT2D eigenvalue weighted by Gasteiger charge is -2.38. The van der Waals surface area contributed by atoms with E-state index in [-0.39, 0.29) is 5.97 Å². The van der Waals surface area contributed by atoms with Crippen LogP contribution in [-0.2, 0) is 16.1 Å². The third-order valence-corrected chi connectivity index (χ3v) is 3.32. The summed E-state index contributed by atoms with van der Waals surface area (Å²) >= 11 is 0. The van der Waals surface area contributed by atoms with Crippen molar-refractivity contribution in [3.8, 4) is 0 Å². The molecule has 1 saturated heterocycles. The van der Waals surface area contributed by atoms with Crippen LogP contribution in [-0.4, -0.2) is 42.0 Å². The quantitative estimate of drug-likeness (QED) is 0.732. The van der Waals surface area contributed by atoms with Crippen molar-refractivity contribution in [1.29, 1.82) is 0 Å². The fraction of sp³-hybridized carbons (Fsp3) is 0.357. The molecule has 4 nitrogen and oxygen atoms in total. The van der Waals surface area contributed by atoms with Crippen LogP contribution in [0.3, 0.4) is 0 Å². The molecule has 1 aromatic carbocycles. The lowest BCUT2D eigenvalue weighted by Crippen LogP contribution is -2.45. The molecular weight excluding hydrogens is 228 g/mol. The zero-order chi connectivity index (χ0) is 12.4. The minimum Gasteiger partial charge on any atom is -0.458 e. The number of rotatable bonds is 2. The van der Waals surface area contributed by atoms with Crippen molar-refractivity contribution in [3.05, 3.63) is 47.8 Å². The highest BCUT2D eigenvalue weighted by Gasteiger charge is 2.25. The van der Waals surface area contributed by atoms with Crippen molar-refractivity contribution >= 4 is 5.97 Å². The van der Waals surface area contributed by atoms with Gasteiger partial charge in [-0.05, 0) is 5.56 Å². The molecule has 0 N–H and O–H groups in total. The number of carbonyl (C=O) groups excluding carboxylic acids is 1. The van der Waals surface area contributed by atoms with E-state index in [1.165, 1.54) is 5.56 Å². The maximum Gasteiger partial charge on any atom is 0.325 e. The predicted molar refractivity (Wildman–Crippen MR) is 67.5 cm³/mol. The summed E-state index contributed by atoms with van der Waals surface area (Å²) in [7, 11) is 0. The first kappa shape index (κ1) is 11.1. The van der Waals surface area contributed by atoms with E-state index in [1.807, 2.05) is 6.07 Å². The molecule has 0 atom stereocenters. The molecule has 4 heteroatoms. The zero-order valence-electron chi connectivity index (χ0n) is 10.2. The molecule has 0 amide bonds. The van der Waals surface area contributed by atoms with Gasteiger partial charge in [0, 0.05) is 25.8 Å². The van der Waals surface area contributed by atoms with Crippen LogP contribution < -0.4 is 0 Å². The van der Waals surface area contributed by atoms with Crippen LogP contribution in [0.5, 0.6) is 0 Å². The molecule has 0 unspecified atom stereocenters. The van der Waals surface area contributed by atoms with Crippen molar-refractivity contribution in [2.24, 2.45) is 0 Å². The Morgan fingerprint density at radius 3 is 2.83 bits per heavy atom. The number of nitrogens with zero attached hydrogens (tertiary/aromatic N) is 2. The summed E-state index contributed by atoms with van der Waals surface area (Å²) in [6.45, 7) is 3.56. The Kier molecular flexibility index (Phi) is 2.92. The van der Waals surface area contributed by atoms with Crippen LogP contribution in [0.1, 0.15) is 5.56 Å². The minimum absolute atomic E-state index is 0.122. The van der Waals surface area contributed by atoms with E-state index in [2.05, 4.69) is 40.3 Å². The molecule has 2 aliphatic heterocycles. The number of carbonyl (C=O) groups is 1. The lowest BCUT2D eigenvalue weighted by molar-refractivity contribution is -0.148. The van der Waals surface area contributed by atoms with Crippen molar-refractivity contribution in [3.63, 3.8) is 0 Å². The number of hydrogen-bond acceptors (Lipinski definition) is 4. The minimum atomic E-state index is -0.122. The number of fused-ring (bicyclic) bond motifs is 1. The fourth-order valence-corrected chi connectivity index (χ4v) is 2.36. The van der Waals surface area contributed by atoms with Crippen LogP contribution >= 0.6 is 0 Å². The first-order valence-corrected chi connectivity index (χ1v) is 6.20. The van der Waals surface area contributed by atoms with Gasteiger partial charge in [-0.25, -0.2) is 0 Å². The van der Waals surface area contributed by atoms with E-state index >= 15 is 0 Å². The average Bonchev–Trinajstić information content (AvgIpc) is 2.40. The number of ether oxygens (including phenoxy) is 1. The molecule has 0 saturated carbocycles. The maximum atomic E-state index is 11.2. The van der Waals surface area contributed by atoms with Crippen molar-refractivity contribution in [2.75, 3.05) is 26.2 Å². The molecule has 1 fully saturated rings. The highest BCUT2D eigenvalue weighted by atomic mass is 16.5. The van der Waals surface area contributed by atoms with Gasteiger partial charge < -0.3 is 14.5 Å². The number of cyclic esters (lactones) is 1. The predicted octanol–water partition coefficient (Wildman–Crippen LogP) is 1.20. The number of hydrogen-bond donors (Lipinski definition) is 0. The Morgan fingerprint density at radius 2 is 2.00 bits per heavy atom. The van der Waals surface area contributed by atoms with E-state index in [4.69, 9.17) is 4.74 Å². The molecule has 0 bridgehead atoms. The highest BCUT2D eigenvalue weighted by molar-refractivity contribution is 5.73. The SMILES string of the molecule is O=C1CN2CCN(Cc3ccccc3)C=C2CO1. The van der Waals surface area contributed by atoms with Gasteiger partial charge in [0.2, 0.25) is 0 Å². The lowest BCUT2D eigenvalue weighted by atomic mass is 10.2. The Labute approximate surface area is 106 Å². The number of esters is 1. The Morgan fingerprint density at radius 1 is 1.17 bits per heavy atom. The van der Waals surface area contributed by atoms with Crippen LogP contribution in [0.2, 0.25) is 0 Å². The van der Waals surface area contributed by atoms with Crippen LogP contribution in [0, 0.1) is 0 Å². The standard InChI is InChI=1S/C14H16N2O2/c17-14-10-16-7-6-15(9-13(16)11-18-14)8-12-4-2-1-3-5-12/h1-5,9H,6-8,10-11H2. The summed E-state index contributed by atoms with van der Waals surface area (Å²) in [4.78, 5) is 15.6. The third-order valence-electron chi connectivity index (χ3n) is 3.32. The van der Waals surface area contributed by atoms with Crippen molar-refractivity contribution < 1.29 is 9.53 Å². The van der Waals surface area contributed by atoms with Gasteiger partial charge in [-0.3, -0.25) is 4.79 Å². The van der Waals surface area contributed by atoms with Crippen molar-refractivity contribution in [1.82, 2.24) is 9.80 Å². The first-order chi connectivity index (χ1) is 8.81. The fourth-order valence-electron chi connectivity index (χ4n) is 2.36. The normalized spacial score (nSPS) is 19.1. The van der Waals surface area contributed by atoms with Crippen LogP contribution in [0.4, 0.5) is 0 Å². The third kappa shape index (κ3) is 2.32. The summed E-state index contributed by atoms with van der Waals surface area (Å²) in [5.74, 6) is -0.122. The second-order valence-electron chi connectivity index (χ2n) is 4.66. The van der Waals surface area contributed by atoms with Gasteiger partial charge >= 0.3 is 5.97 Å². The van der Waals surface area contributed by atoms with Gasteiger partial charge in [0.05, 0.1) is 5.70 Å². The monoisotopic (exact) mass is 244 g/mol. The molecule has 0 spiro atoms. The highest BCUT2D eigenvalue weighted by Crippen LogP contribution is 2.18. The van der Waals surface area contributed by atoms with Crippen LogP contribution in [0.15, 0.2) is 42.2 Å². The Balaban J connectivity index is 1.69. The Hall–Kier alpha value is -1.97. The van der Waals surface area contributed by atoms with E-state index < -0.39 is 0 Å². The van der Waals surface area contributed by atoms with Crippen molar-refractivity contribution in [2.45, 2.75) is 6.54 Å². The molecule has 18 heavy (non-hydrogen) atoms. The van der Waals surface area contributed by atoms with E-state index in [0.29, 0.717) is 13.2 Å². The molecule has 3 rings (SSSR count). The topological polar surface area (TPSA) is 32.8 Å². The summed E-state index contributed by atoms with van der Waals surface area (Å²) in [6.07, 6.45) is 2.11. The van der Waals surface area contributed by atoms with E-state index in [1.54, 1.807) is 0 Å². The summed E-state index contributed by atoms with van der Waals surface area (Å²) in [5.41, 5.74) is 2.41. The molecule has 0 aromatic heterocycles. The second kappa shape index (κ2) is 4.72. The Bertz CT molecular complexity index is 470. The molecule has 0 aliphatic carbocycles. The number of morpholine rings is 1. The van der Waals surface area contributed by atoms with Gasteiger partial charge in [-0.15, -0.1) is 0 Å². The summed E-state index contributed by atoms with van der Waals surface area (Å²) < 4.78 is 5.07. The average molecular weight is 244 g/mol. The summed E-state index contributed by atoms with van der Waals surface area (Å²) in [5, 5.41) is 0. The molecular formula is C14H16N2O2. The van der Waals surface area contributed by atoms with Gasteiger partial charge in [0.1, 0.15) is 13.2 Å². The largest absolute Gasteiger partial charge is 0.458 e. The van der Waals surface area contributed by atoms with Gasteiger partial charge in [-0.2, -0.15) is 0 Å². The van der Waals surface area contributed by atoms with Crippen LogP contribution in [0.25, 0.3) is 0 Å². The van der Waals surface area contributed by atoms with Gasteiger partial charge in [0.25, 0.3) is 0 Å². The molecule has 1 aromatic rings.